The highest BCUT2D eigenvalue weighted by Crippen LogP contribution is 2.35. The number of aliphatic hydroxyl groups is 1. The van der Waals surface area contributed by atoms with Gasteiger partial charge in [-0.1, -0.05) is 11.6 Å². The second-order valence-electron chi connectivity index (χ2n) is 6.90. The third kappa shape index (κ3) is 3.73. The zero-order valence-electron chi connectivity index (χ0n) is 14.9. The molecule has 1 saturated heterocycles. The van der Waals surface area contributed by atoms with Gasteiger partial charge < -0.3 is 10.0 Å². The summed E-state index contributed by atoms with van der Waals surface area (Å²) in [6.45, 7) is 0.549. The first-order chi connectivity index (χ1) is 13.0. The molecule has 1 aliphatic rings. The van der Waals surface area contributed by atoms with Gasteiger partial charge in [0.25, 0.3) is 5.91 Å². The van der Waals surface area contributed by atoms with E-state index in [0.717, 1.165) is 4.90 Å². The number of aromatic nitrogens is 2. The van der Waals surface area contributed by atoms with Gasteiger partial charge in [-0.05, 0) is 44.0 Å². The van der Waals surface area contributed by atoms with Crippen LogP contribution in [0.3, 0.4) is 0 Å². The molecule has 1 amide bonds. The van der Waals surface area contributed by atoms with Crippen LogP contribution in [0.4, 0.5) is 17.6 Å². The van der Waals surface area contributed by atoms with Crippen LogP contribution >= 0.6 is 11.6 Å². The molecule has 0 bridgehead atoms. The van der Waals surface area contributed by atoms with Crippen LogP contribution in [0.1, 0.15) is 31.4 Å². The molecule has 1 aromatic carbocycles. The topological polar surface area (TPSA) is 58.4 Å². The minimum absolute atomic E-state index is 0.0456. The van der Waals surface area contributed by atoms with E-state index in [1.54, 1.807) is 6.07 Å². The lowest BCUT2D eigenvalue weighted by atomic mass is 9.92. The van der Waals surface area contributed by atoms with Crippen LogP contribution in [0.15, 0.2) is 30.5 Å². The van der Waals surface area contributed by atoms with E-state index >= 15 is 0 Å². The van der Waals surface area contributed by atoms with E-state index in [0.29, 0.717) is 25.5 Å². The highest BCUT2D eigenvalue weighted by Gasteiger charge is 2.57. The van der Waals surface area contributed by atoms with E-state index < -0.39 is 23.5 Å². The molecule has 1 aliphatic heterocycles. The first-order valence-electron chi connectivity index (χ1n) is 8.60. The molecule has 10 heteroatoms. The molecule has 28 heavy (non-hydrogen) atoms. The third-order valence-electron chi connectivity index (χ3n) is 4.98. The maximum atomic E-state index is 14.2. The van der Waals surface area contributed by atoms with Gasteiger partial charge in [0.15, 0.2) is 0 Å². The zero-order valence-corrected chi connectivity index (χ0v) is 15.6. The minimum atomic E-state index is -5.05. The summed E-state index contributed by atoms with van der Waals surface area (Å²) >= 11 is 5.77. The Morgan fingerprint density at radius 3 is 2.46 bits per heavy atom. The molecule has 0 saturated carbocycles. The number of carbonyl (C=O) groups is 1. The van der Waals surface area contributed by atoms with Crippen molar-refractivity contribution in [3.05, 3.63) is 47.0 Å². The number of carbonyl (C=O) groups excluding carboxylic acids is 1. The Bertz CT molecular complexity index is 874. The lowest BCUT2D eigenvalue weighted by Crippen LogP contribution is -2.57. The molecule has 1 atom stereocenters. The quantitative estimate of drug-likeness (QED) is 0.772. The molecular weight excluding hydrogens is 402 g/mol. The summed E-state index contributed by atoms with van der Waals surface area (Å²) in [6.07, 6.45) is -2.82. The van der Waals surface area contributed by atoms with Crippen molar-refractivity contribution in [2.45, 2.75) is 37.5 Å². The normalized spacial score (nSPS) is 18.2. The zero-order chi connectivity index (χ0) is 20.7. The van der Waals surface area contributed by atoms with Crippen LogP contribution in [0.2, 0.25) is 5.02 Å². The number of rotatable bonds is 3. The fraction of sp³-hybridized carbons (Fsp3) is 0.444. The summed E-state index contributed by atoms with van der Waals surface area (Å²) in [6, 6.07) is 5.91. The summed E-state index contributed by atoms with van der Waals surface area (Å²) < 4.78 is 54.3. The number of piperidine rings is 1. The SMILES string of the molecule is CC(O)(C(=O)N1CCC(c2ccnn2-c2ccc(Cl)cc2F)CC1)C(F)(F)F. The number of nitrogens with zero attached hydrogens (tertiary/aromatic N) is 3. The maximum Gasteiger partial charge on any atom is 0.426 e. The Morgan fingerprint density at radius 2 is 1.89 bits per heavy atom. The van der Waals surface area contributed by atoms with Gasteiger partial charge in [-0.2, -0.15) is 18.3 Å². The summed E-state index contributed by atoms with van der Waals surface area (Å²) in [5.41, 5.74) is -2.52. The molecule has 152 valence electrons. The Balaban J connectivity index is 1.75. The van der Waals surface area contributed by atoms with Crippen LogP contribution in [0.25, 0.3) is 5.69 Å². The lowest BCUT2D eigenvalue weighted by Gasteiger charge is -2.36. The minimum Gasteiger partial charge on any atom is -0.373 e. The van der Waals surface area contributed by atoms with Crippen LogP contribution in [-0.4, -0.2) is 50.6 Å². The van der Waals surface area contributed by atoms with E-state index in [1.807, 2.05) is 0 Å². The number of hydrogen-bond acceptors (Lipinski definition) is 3. The smallest absolute Gasteiger partial charge is 0.373 e. The Hall–Kier alpha value is -2.13. The summed E-state index contributed by atoms with van der Waals surface area (Å²) in [5, 5.41) is 14.0. The molecule has 1 N–H and O–H groups in total. The largest absolute Gasteiger partial charge is 0.426 e. The molecule has 1 fully saturated rings. The summed E-state index contributed by atoms with van der Waals surface area (Å²) in [5.74, 6) is -2.04. The van der Waals surface area contributed by atoms with Crippen molar-refractivity contribution in [3.8, 4) is 5.69 Å². The highest BCUT2D eigenvalue weighted by atomic mass is 35.5. The molecule has 2 aromatic rings. The third-order valence-corrected chi connectivity index (χ3v) is 5.21. The Morgan fingerprint density at radius 1 is 1.25 bits per heavy atom. The van der Waals surface area contributed by atoms with E-state index in [4.69, 9.17) is 11.6 Å². The molecule has 0 aliphatic carbocycles. The second kappa shape index (κ2) is 7.36. The van der Waals surface area contributed by atoms with Crippen molar-refractivity contribution >= 4 is 17.5 Å². The van der Waals surface area contributed by atoms with E-state index in [-0.39, 0.29) is 29.7 Å². The van der Waals surface area contributed by atoms with Crippen LogP contribution in [0.5, 0.6) is 0 Å². The van der Waals surface area contributed by atoms with Crippen molar-refractivity contribution < 1.29 is 27.5 Å². The van der Waals surface area contributed by atoms with Gasteiger partial charge in [-0.3, -0.25) is 4.79 Å². The monoisotopic (exact) mass is 419 g/mol. The van der Waals surface area contributed by atoms with Gasteiger partial charge in [-0.15, -0.1) is 0 Å². The molecule has 1 aromatic heterocycles. The summed E-state index contributed by atoms with van der Waals surface area (Å²) in [4.78, 5) is 13.1. The molecule has 2 heterocycles. The van der Waals surface area contributed by atoms with E-state index in [1.165, 1.54) is 29.1 Å². The fourth-order valence-electron chi connectivity index (χ4n) is 3.28. The second-order valence-corrected chi connectivity index (χ2v) is 7.34. The first kappa shape index (κ1) is 20.6. The molecule has 5 nitrogen and oxygen atoms in total. The number of hydrogen-bond donors (Lipinski definition) is 1. The molecular formula is C18H18ClF4N3O2. The lowest BCUT2D eigenvalue weighted by molar-refractivity contribution is -0.250. The molecule has 1 unspecified atom stereocenters. The standard InChI is InChI=1S/C18H18ClF4N3O2/c1-17(28,18(21,22)23)16(27)25-8-5-11(6-9-25)14-4-7-24-26(14)15-3-2-12(19)10-13(15)20/h2-4,7,10-11,28H,5-6,8-9H2,1H3. The number of halogens is 5. The van der Waals surface area contributed by atoms with Gasteiger partial charge in [-0.25, -0.2) is 9.07 Å². The van der Waals surface area contributed by atoms with Crippen LogP contribution in [0, 0.1) is 5.82 Å². The molecule has 3 rings (SSSR count). The first-order valence-corrected chi connectivity index (χ1v) is 8.98. The van der Waals surface area contributed by atoms with E-state index in [2.05, 4.69) is 5.10 Å². The number of alkyl halides is 3. The predicted octanol–water partition coefficient (Wildman–Crippen LogP) is 3.68. The number of likely N-dealkylation sites (tertiary alicyclic amines) is 1. The average molecular weight is 420 g/mol. The Labute approximate surface area is 163 Å². The highest BCUT2D eigenvalue weighted by molar-refractivity contribution is 6.30. The average Bonchev–Trinajstić information content (AvgIpc) is 3.09. The van der Waals surface area contributed by atoms with Gasteiger partial charge in [0.05, 0.1) is 0 Å². The van der Waals surface area contributed by atoms with Gasteiger partial charge in [0.2, 0.25) is 5.60 Å². The number of benzene rings is 1. The Kier molecular flexibility index (Phi) is 5.42. The van der Waals surface area contributed by atoms with Crippen molar-refractivity contribution in [3.63, 3.8) is 0 Å². The van der Waals surface area contributed by atoms with E-state index in [9.17, 15) is 27.5 Å². The molecule has 0 spiro atoms. The van der Waals surface area contributed by atoms with Crippen molar-refractivity contribution in [2.75, 3.05) is 13.1 Å². The van der Waals surface area contributed by atoms with Gasteiger partial charge in [0, 0.05) is 35.9 Å². The number of amides is 1. The van der Waals surface area contributed by atoms with Crippen LogP contribution < -0.4 is 0 Å². The molecule has 0 radical (unpaired) electrons. The van der Waals surface area contributed by atoms with Crippen molar-refractivity contribution in [1.29, 1.82) is 0 Å². The maximum absolute atomic E-state index is 14.2. The predicted molar refractivity (Wildman–Crippen MR) is 93.8 cm³/mol. The van der Waals surface area contributed by atoms with Crippen molar-refractivity contribution in [1.82, 2.24) is 14.7 Å². The van der Waals surface area contributed by atoms with Gasteiger partial charge >= 0.3 is 6.18 Å². The fourth-order valence-corrected chi connectivity index (χ4v) is 3.44. The van der Waals surface area contributed by atoms with Crippen LogP contribution in [-0.2, 0) is 4.79 Å². The van der Waals surface area contributed by atoms with Crippen molar-refractivity contribution in [2.24, 2.45) is 0 Å². The summed E-state index contributed by atoms with van der Waals surface area (Å²) in [7, 11) is 0. The van der Waals surface area contributed by atoms with Gasteiger partial charge in [0.1, 0.15) is 11.5 Å².